The first-order valence-corrected chi connectivity index (χ1v) is 5.44. The number of allylic oxidation sites excluding steroid dienone is 4. The molecule has 0 spiro atoms. The molecule has 2 rings (SSSR count). The molecule has 1 heterocycles. The van der Waals surface area contributed by atoms with Crippen LogP contribution in [0.3, 0.4) is 0 Å². The molecule has 0 saturated carbocycles. The van der Waals surface area contributed by atoms with Gasteiger partial charge in [0.2, 0.25) is 0 Å². The first-order chi connectivity index (χ1) is 5.79. The zero-order chi connectivity index (χ0) is 8.55. The fourth-order valence-corrected chi connectivity index (χ4v) is 2.79. The van der Waals surface area contributed by atoms with Crippen LogP contribution in [0.25, 0.3) is 0 Å². The SMILES string of the molecule is CN1CCCC2C1=CC=CC2Br. The average molecular weight is 228 g/mol. The van der Waals surface area contributed by atoms with Gasteiger partial charge in [0.05, 0.1) is 0 Å². The van der Waals surface area contributed by atoms with Crippen molar-refractivity contribution in [1.82, 2.24) is 4.90 Å². The normalized spacial score (nSPS) is 34.5. The summed E-state index contributed by atoms with van der Waals surface area (Å²) in [6.07, 6.45) is 9.31. The molecule has 0 aromatic heterocycles. The lowest BCUT2D eigenvalue weighted by atomic mass is 9.88. The van der Waals surface area contributed by atoms with Gasteiger partial charge in [0.15, 0.2) is 0 Å². The third-order valence-electron chi connectivity index (χ3n) is 2.78. The van der Waals surface area contributed by atoms with Crippen molar-refractivity contribution in [2.75, 3.05) is 13.6 Å². The summed E-state index contributed by atoms with van der Waals surface area (Å²) in [6, 6.07) is 0. The minimum Gasteiger partial charge on any atom is -0.378 e. The van der Waals surface area contributed by atoms with E-state index in [9.17, 15) is 0 Å². The molecule has 2 aliphatic rings. The zero-order valence-corrected chi connectivity index (χ0v) is 8.92. The van der Waals surface area contributed by atoms with E-state index in [1.807, 2.05) is 0 Å². The summed E-state index contributed by atoms with van der Waals surface area (Å²) in [5.74, 6) is 0.716. The van der Waals surface area contributed by atoms with E-state index in [2.05, 4.69) is 46.1 Å². The molecule has 2 atom stereocenters. The Morgan fingerprint density at radius 2 is 2.42 bits per heavy atom. The summed E-state index contributed by atoms with van der Waals surface area (Å²) >= 11 is 3.70. The Morgan fingerprint density at radius 3 is 3.17 bits per heavy atom. The van der Waals surface area contributed by atoms with E-state index in [0.29, 0.717) is 10.7 Å². The molecule has 12 heavy (non-hydrogen) atoms. The maximum atomic E-state index is 3.70. The van der Waals surface area contributed by atoms with Gasteiger partial charge >= 0.3 is 0 Å². The number of hydrogen-bond donors (Lipinski definition) is 0. The van der Waals surface area contributed by atoms with Crippen molar-refractivity contribution >= 4 is 15.9 Å². The van der Waals surface area contributed by atoms with Crippen LogP contribution >= 0.6 is 15.9 Å². The minimum absolute atomic E-state index is 0.556. The summed E-state index contributed by atoms with van der Waals surface area (Å²) in [7, 11) is 2.19. The average Bonchev–Trinajstić information content (AvgIpc) is 2.07. The highest BCUT2D eigenvalue weighted by Gasteiger charge is 2.28. The summed E-state index contributed by atoms with van der Waals surface area (Å²) in [5, 5.41) is 0. The van der Waals surface area contributed by atoms with Gasteiger partial charge in [0, 0.05) is 30.0 Å². The van der Waals surface area contributed by atoms with Crippen LogP contribution in [0.5, 0.6) is 0 Å². The minimum atomic E-state index is 0.556. The molecule has 0 radical (unpaired) electrons. The van der Waals surface area contributed by atoms with Crippen LogP contribution in [0.15, 0.2) is 23.9 Å². The summed E-state index contributed by atoms with van der Waals surface area (Å²) < 4.78 is 0. The predicted molar refractivity (Wildman–Crippen MR) is 55.3 cm³/mol. The summed E-state index contributed by atoms with van der Waals surface area (Å²) in [6.45, 7) is 1.22. The summed E-state index contributed by atoms with van der Waals surface area (Å²) in [5.41, 5.74) is 1.51. The second-order valence-corrected chi connectivity index (χ2v) is 4.65. The van der Waals surface area contributed by atoms with E-state index in [0.717, 1.165) is 0 Å². The largest absolute Gasteiger partial charge is 0.378 e. The molecule has 1 fully saturated rings. The van der Waals surface area contributed by atoms with Crippen LogP contribution in [0, 0.1) is 5.92 Å². The first-order valence-electron chi connectivity index (χ1n) is 4.52. The van der Waals surface area contributed by atoms with E-state index in [4.69, 9.17) is 0 Å². The van der Waals surface area contributed by atoms with E-state index in [1.54, 1.807) is 0 Å². The molecule has 2 unspecified atom stereocenters. The van der Waals surface area contributed by atoms with Crippen LogP contribution in [0.2, 0.25) is 0 Å². The molecule has 0 amide bonds. The van der Waals surface area contributed by atoms with Gasteiger partial charge in [-0.25, -0.2) is 0 Å². The van der Waals surface area contributed by atoms with Gasteiger partial charge in [-0.15, -0.1) is 0 Å². The topological polar surface area (TPSA) is 3.24 Å². The van der Waals surface area contributed by atoms with Crippen molar-refractivity contribution in [3.63, 3.8) is 0 Å². The molecule has 1 aliphatic heterocycles. The predicted octanol–water partition coefficient (Wildman–Crippen LogP) is 2.55. The zero-order valence-electron chi connectivity index (χ0n) is 7.33. The van der Waals surface area contributed by atoms with Crippen molar-refractivity contribution in [2.24, 2.45) is 5.92 Å². The molecular formula is C10H14BrN. The van der Waals surface area contributed by atoms with Crippen LogP contribution in [-0.2, 0) is 0 Å². The Morgan fingerprint density at radius 1 is 1.58 bits per heavy atom. The van der Waals surface area contributed by atoms with Gasteiger partial charge in [-0.3, -0.25) is 0 Å². The van der Waals surface area contributed by atoms with Crippen molar-refractivity contribution in [2.45, 2.75) is 17.7 Å². The number of hydrogen-bond acceptors (Lipinski definition) is 1. The Bertz CT molecular complexity index is 232. The molecule has 66 valence electrons. The number of rotatable bonds is 0. The number of nitrogens with zero attached hydrogens (tertiary/aromatic N) is 1. The Balaban J connectivity index is 2.24. The van der Waals surface area contributed by atoms with E-state index < -0.39 is 0 Å². The highest BCUT2D eigenvalue weighted by molar-refractivity contribution is 9.09. The Labute approximate surface area is 82.3 Å². The van der Waals surface area contributed by atoms with Gasteiger partial charge in [-0.2, -0.15) is 0 Å². The van der Waals surface area contributed by atoms with Gasteiger partial charge < -0.3 is 4.90 Å². The molecule has 2 heteroatoms. The molecule has 0 aromatic carbocycles. The summed E-state index contributed by atoms with van der Waals surface area (Å²) in [4.78, 5) is 2.94. The lowest BCUT2D eigenvalue weighted by Gasteiger charge is -2.37. The maximum Gasteiger partial charge on any atom is 0.0411 e. The standard InChI is InChI=1S/C10H14BrN/c1-12-7-3-4-8-9(11)5-2-6-10(8)12/h2,5-6,8-9H,3-4,7H2,1H3. The van der Waals surface area contributed by atoms with E-state index in [-0.39, 0.29) is 0 Å². The Hall–Kier alpha value is -0.240. The molecule has 0 aromatic rings. The second-order valence-electron chi connectivity index (χ2n) is 3.59. The third-order valence-corrected chi connectivity index (χ3v) is 3.72. The number of piperidine rings is 1. The van der Waals surface area contributed by atoms with Crippen molar-refractivity contribution in [3.8, 4) is 0 Å². The van der Waals surface area contributed by atoms with Crippen LogP contribution < -0.4 is 0 Å². The Kier molecular flexibility index (Phi) is 2.26. The number of halogens is 1. The maximum absolute atomic E-state index is 3.70. The van der Waals surface area contributed by atoms with E-state index in [1.165, 1.54) is 25.1 Å². The number of fused-ring (bicyclic) bond motifs is 1. The first kappa shape index (κ1) is 8.36. The van der Waals surface area contributed by atoms with Crippen LogP contribution in [0.1, 0.15) is 12.8 Å². The second kappa shape index (κ2) is 3.25. The molecular weight excluding hydrogens is 214 g/mol. The molecule has 1 saturated heterocycles. The smallest absolute Gasteiger partial charge is 0.0411 e. The van der Waals surface area contributed by atoms with Crippen molar-refractivity contribution in [1.29, 1.82) is 0 Å². The van der Waals surface area contributed by atoms with Gasteiger partial charge in [-0.05, 0) is 18.9 Å². The van der Waals surface area contributed by atoms with Crippen molar-refractivity contribution < 1.29 is 0 Å². The fourth-order valence-electron chi connectivity index (χ4n) is 2.08. The number of likely N-dealkylation sites (tertiary alicyclic amines) is 1. The van der Waals surface area contributed by atoms with Crippen molar-refractivity contribution in [3.05, 3.63) is 23.9 Å². The lowest BCUT2D eigenvalue weighted by molar-refractivity contribution is 0.284. The quantitative estimate of drug-likeness (QED) is 0.576. The van der Waals surface area contributed by atoms with Crippen LogP contribution in [0.4, 0.5) is 0 Å². The molecule has 0 N–H and O–H groups in total. The molecule has 1 aliphatic carbocycles. The van der Waals surface area contributed by atoms with Gasteiger partial charge in [0.1, 0.15) is 0 Å². The highest BCUT2D eigenvalue weighted by atomic mass is 79.9. The van der Waals surface area contributed by atoms with Crippen LogP contribution in [-0.4, -0.2) is 23.3 Å². The van der Waals surface area contributed by atoms with Gasteiger partial charge in [-0.1, -0.05) is 28.1 Å². The monoisotopic (exact) mass is 227 g/mol. The third kappa shape index (κ3) is 1.33. The fraction of sp³-hybridized carbons (Fsp3) is 0.600. The highest BCUT2D eigenvalue weighted by Crippen LogP contribution is 2.34. The molecule has 0 bridgehead atoms. The van der Waals surface area contributed by atoms with Gasteiger partial charge in [0.25, 0.3) is 0 Å². The number of alkyl halides is 1. The van der Waals surface area contributed by atoms with E-state index >= 15 is 0 Å². The lowest BCUT2D eigenvalue weighted by Crippen LogP contribution is -2.34. The molecule has 1 nitrogen and oxygen atoms in total.